The Kier molecular flexibility index (Phi) is 3.12. The highest BCUT2D eigenvalue weighted by atomic mass is 19.4. The largest absolute Gasteiger partial charge is 0.416 e. The van der Waals surface area contributed by atoms with Gasteiger partial charge in [-0.25, -0.2) is 0 Å². The van der Waals surface area contributed by atoms with Crippen LogP contribution in [0.4, 0.5) is 13.2 Å². The lowest BCUT2D eigenvalue weighted by Gasteiger charge is -2.11. The van der Waals surface area contributed by atoms with Gasteiger partial charge < -0.3 is 0 Å². The fourth-order valence-corrected chi connectivity index (χ4v) is 1.80. The predicted molar refractivity (Wildman–Crippen MR) is 57.5 cm³/mol. The Morgan fingerprint density at radius 1 is 1.39 bits per heavy atom. The van der Waals surface area contributed by atoms with Gasteiger partial charge in [0.15, 0.2) is 5.78 Å². The Hall–Kier alpha value is -1.83. The zero-order valence-corrected chi connectivity index (χ0v) is 9.37. The topological polar surface area (TPSA) is 40.9 Å². The summed E-state index contributed by atoms with van der Waals surface area (Å²) in [7, 11) is 0. The molecule has 0 aromatic heterocycles. The molecule has 0 N–H and O–H groups in total. The van der Waals surface area contributed by atoms with Gasteiger partial charge in [-0.15, -0.1) is 0 Å². The fraction of sp³-hybridized carbons (Fsp3) is 0.385. The zero-order chi connectivity index (χ0) is 13.3. The van der Waals surface area contributed by atoms with Gasteiger partial charge in [0.05, 0.1) is 11.6 Å². The van der Waals surface area contributed by atoms with E-state index in [2.05, 4.69) is 0 Å². The molecule has 1 saturated carbocycles. The lowest BCUT2D eigenvalue weighted by Crippen LogP contribution is -2.14. The molecule has 0 saturated heterocycles. The summed E-state index contributed by atoms with van der Waals surface area (Å²) in [6, 6.07) is 6.23. The average Bonchev–Trinajstić information content (AvgIpc) is 3.13. The van der Waals surface area contributed by atoms with Gasteiger partial charge in [-0.2, -0.15) is 18.4 Å². The van der Waals surface area contributed by atoms with E-state index in [9.17, 15) is 18.0 Å². The van der Waals surface area contributed by atoms with Crippen LogP contribution >= 0.6 is 0 Å². The minimum Gasteiger partial charge on any atom is -0.298 e. The van der Waals surface area contributed by atoms with Crippen molar-refractivity contribution >= 4 is 5.78 Å². The molecule has 2 nitrogen and oxygen atoms in total. The van der Waals surface area contributed by atoms with Crippen LogP contribution in [0.15, 0.2) is 24.3 Å². The molecule has 0 heterocycles. The van der Waals surface area contributed by atoms with E-state index in [1.54, 1.807) is 6.07 Å². The molecule has 0 radical (unpaired) electrons. The van der Waals surface area contributed by atoms with Crippen LogP contribution < -0.4 is 0 Å². The van der Waals surface area contributed by atoms with Crippen LogP contribution in [0.3, 0.4) is 0 Å². The highest BCUT2D eigenvalue weighted by molar-refractivity contribution is 5.92. The van der Waals surface area contributed by atoms with Crippen LogP contribution in [-0.2, 0) is 11.0 Å². The van der Waals surface area contributed by atoms with E-state index >= 15 is 0 Å². The molecule has 5 heteroatoms. The van der Waals surface area contributed by atoms with Crippen molar-refractivity contribution in [1.82, 2.24) is 0 Å². The molecule has 0 aliphatic heterocycles. The summed E-state index contributed by atoms with van der Waals surface area (Å²) in [5.74, 6) is -1.50. The number of nitrogens with zero attached hydrogens (tertiary/aromatic N) is 1. The molecule has 2 rings (SSSR count). The molecule has 0 unspecified atom stereocenters. The van der Waals surface area contributed by atoms with Gasteiger partial charge in [-0.1, -0.05) is 18.2 Å². The highest BCUT2D eigenvalue weighted by Crippen LogP contribution is 2.37. The Balaban J connectivity index is 2.32. The van der Waals surface area contributed by atoms with Crippen LogP contribution in [0.1, 0.15) is 29.9 Å². The first kappa shape index (κ1) is 12.6. The maximum absolute atomic E-state index is 12.5. The van der Waals surface area contributed by atoms with Crippen LogP contribution in [-0.4, -0.2) is 5.78 Å². The molecule has 0 bridgehead atoms. The van der Waals surface area contributed by atoms with Crippen molar-refractivity contribution in [3.8, 4) is 6.07 Å². The number of hydrogen-bond donors (Lipinski definition) is 0. The summed E-state index contributed by atoms with van der Waals surface area (Å²) in [6.07, 6.45) is -3.00. The Morgan fingerprint density at radius 2 is 2.06 bits per heavy atom. The number of nitriles is 1. The molecule has 94 valence electrons. The first-order valence-corrected chi connectivity index (χ1v) is 5.54. The number of rotatable bonds is 3. The van der Waals surface area contributed by atoms with Gasteiger partial charge in [0, 0.05) is 5.92 Å². The number of benzene rings is 1. The first-order valence-electron chi connectivity index (χ1n) is 5.54. The second-order valence-corrected chi connectivity index (χ2v) is 4.36. The van der Waals surface area contributed by atoms with Gasteiger partial charge in [-0.3, -0.25) is 4.79 Å². The quantitative estimate of drug-likeness (QED) is 0.829. The minimum atomic E-state index is -4.46. The van der Waals surface area contributed by atoms with E-state index in [0.717, 1.165) is 25.0 Å². The molecule has 0 spiro atoms. The summed E-state index contributed by atoms with van der Waals surface area (Å²) in [4.78, 5) is 11.8. The lowest BCUT2D eigenvalue weighted by molar-refractivity contribution is -0.137. The SMILES string of the molecule is N#C[C@@H](C(=O)C1CC1)c1cccc(C(F)(F)F)c1. The number of hydrogen-bond acceptors (Lipinski definition) is 2. The van der Waals surface area contributed by atoms with Crippen molar-refractivity contribution in [2.45, 2.75) is 24.9 Å². The second kappa shape index (κ2) is 4.45. The second-order valence-electron chi connectivity index (χ2n) is 4.36. The highest BCUT2D eigenvalue weighted by Gasteiger charge is 2.37. The predicted octanol–water partition coefficient (Wildman–Crippen LogP) is 3.29. The lowest BCUT2D eigenvalue weighted by atomic mass is 9.92. The van der Waals surface area contributed by atoms with E-state index in [4.69, 9.17) is 5.26 Å². The van der Waals surface area contributed by atoms with Gasteiger partial charge in [0.2, 0.25) is 0 Å². The smallest absolute Gasteiger partial charge is 0.298 e. The monoisotopic (exact) mass is 253 g/mol. The standard InChI is InChI=1S/C13H10F3NO/c14-13(15,16)10-3-1-2-9(6-10)11(7-17)12(18)8-4-5-8/h1-3,6,8,11H,4-5H2/t11-/m1/s1. The number of halogens is 3. The van der Waals surface area contributed by atoms with E-state index in [0.29, 0.717) is 0 Å². The third-order valence-corrected chi connectivity index (χ3v) is 2.94. The van der Waals surface area contributed by atoms with Crippen molar-refractivity contribution < 1.29 is 18.0 Å². The fourth-order valence-electron chi connectivity index (χ4n) is 1.80. The third-order valence-electron chi connectivity index (χ3n) is 2.94. The molecule has 18 heavy (non-hydrogen) atoms. The van der Waals surface area contributed by atoms with Crippen molar-refractivity contribution in [2.75, 3.05) is 0 Å². The third kappa shape index (κ3) is 2.53. The molecular weight excluding hydrogens is 243 g/mol. The average molecular weight is 253 g/mol. The van der Waals surface area contributed by atoms with Gasteiger partial charge in [0.25, 0.3) is 0 Å². The summed E-state index contributed by atoms with van der Waals surface area (Å²) < 4.78 is 37.6. The molecule has 1 aliphatic carbocycles. The Labute approximate surface area is 102 Å². The van der Waals surface area contributed by atoms with Crippen molar-refractivity contribution in [3.63, 3.8) is 0 Å². The number of carbonyl (C=O) groups excluding carboxylic acids is 1. The maximum Gasteiger partial charge on any atom is 0.416 e. The molecule has 1 atom stereocenters. The molecule has 1 fully saturated rings. The maximum atomic E-state index is 12.5. The summed E-state index contributed by atoms with van der Waals surface area (Å²) >= 11 is 0. The van der Waals surface area contributed by atoms with Gasteiger partial charge in [-0.05, 0) is 24.5 Å². The van der Waals surface area contributed by atoms with Crippen LogP contribution in [0, 0.1) is 17.2 Å². The molecule has 0 amide bonds. The van der Waals surface area contributed by atoms with E-state index in [1.165, 1.54) is 12.1 Å². The van der Waals surface area contributed by atoms with Crippen molar-refractivity contribution in [1.29, 1.82) is 5.26 Å². The van der Waals surface area contributed by atoms with Crippen LogP contribution in [0.5, 0.6) is 0 Å². The minimum absolute atomic E-state index is 0.129. The Bertz CT molecular complexity index is 512. The van der Waals surface area contributed by atoms with Crippen LogP contribution in [0.25, 0.3) is 0 Å². The zero-order valence-electron chi connectivity index (χ0n) is 9.37. The van der Waals surface area contributed by atoms with Gasteiger partial charge >= 0.3 is 6.18 Å². The van der Waals surface area contributed by atoms with E-state index in [-0.39, 0.29) is 17.3 Å². The van der Waals surface area contributed by atoms with Gasteiger partial charge in [0.1, 0.15) is 5.92 Å². The summed E-state index contributed by atoms with van der Waals surface area (Å²) in [5.41, 5.74) is -0.701. The van der Waals surface area contributed by atoms with Crippen molar-refractivity contribution in [3.05, 3.63) is 35.4 Å². The molecule has 1 aromatic rings. The number of alkyl halides is 3. The summed E-state index contributed by atoms with van der Waals surface area (Å²) in [6.45, 7) is 0. The molecule has 1 aliphatic rings. The van der Waals surface area contributed by atoms with Crippen LogP contribution in [0.2, 0.25) is 0 Å². The first-order chi connectivity index (χ1) is 8.43. The number of Topliss-reactive ketones (excluding diaryl/α,β-unsaturated/α-hetero) is 1. The normalized spacial score (nSPS) is 17.0. The van der Waals surface area contributed by atoms with Crippen molar-refractivity contribution in [2.24, 2.45) is 5.92 Å². The number of ketones is 1. The number of carbonyl (C=O) groups is 1. The summed E-state index contributed by atoms with van der Waals surface area (Å²) in [5, 5.41) is 8.97. The van der Waals surface area contributed by atoms with E-state index in [1.807, 2.05) is 0 Å². The molecular formula is C13H10F3NO. The Morgan fingerprint density at radius 3 is 2.56 bits per heavy atom. The van der Waals surface area contributed by atoms with E-state index < -0.39 is 17.7 Å². The molecule has 1 aromatic carbocycles.